The van der Waals surface area contributed by atoms with Gasteiger partial charge in [0.05, 0.1) is 6.54 Å². The highest BCUT2D eigenvalue weighted by atomic mass is 14.7. The van der Waals surface area contributed by atoms with Gasteiger partial charge >= 0.3 is 0 Å². The molecule has 0 aliphatic rings. The average Bonchev–Trinajstić information content (AvgIpc) is 2.49. The van der Waals surface area contributed by atoms with Crippen molar-refractivity contribution in [1.29, 1.82) is 0 Å². The van der Waals surface area contributed by atoms with Gasteiger partial charge in [-0.2, -0.15) is 0 Å². The lowest BCUT2D eigenvalue weighted by Gasteiger charge is -2.07. The Morgan fingerprint density at radius 3 is 1.89 bits per heavy atom. The second kappa shape index (κ2) is 7.12. The average molecular weight is 247 g/mol. The van der Waals surface area contributed by atoms with Gasteiger partial charge in [-0.25, -0.2) is 0 Å². The van der Waals surface area contributed by atoms with Gasteiger partial charge in [-0.05, 0) is 22.8 Å². The van der Waals surface area contributed by atoms with E-state index in [9.17, 15) is 0 Å². The number of allylic oxidation sites excluding steroid dienone is 1. The molecule has 2 aromatic carbocycles. The first-order valence-electron chi connectivity index (χ1n) is 6.33. The summed E-state index contributed by atoms with van der Waals surface area (Å²) < 4.78 is 0. The van der Waals surface area contributed by atoms with Crippen LogP contribution in [0.3, 0.4) is 0 Å². The second-order valence-corrected chi connectivity index (χ2v) is 4.12. The number of benzene rings is 2. The molecule has 0 aliphatic heterocycles. The van der Waals surface area contributed by atoms with E-state index in [0.29, 0.717) is 6.54 Å². The molecule has 2 aromatic rings. The monoisotopic (exact) mass is 247 g/mol. The van der Waals surface area contributed by atoms with Gasteiger partial charge in [-0.3, -0.25) is 4.99 Å². The van der Waals surface area contributed by atoms with Gasteiger partial charge in [0.1, 0.15) is 0 Å². The summed E-state index contributed by atoms with van der Waals surface area (Å²) in [6, 6.07) is 20.7. The predicted molar refractivity (Wildman–Crippen MR) is 83.5 cm³/mol. The molecule has 0 N–H and O–H groups in total. The van der Waals surface area contributed by atoms with Gasteiger partial charge < -0.3 is 0 Å². The second-order valence-electron chi connectivity index (χ2n) is 4.12. The van der Waals surface area contributed by atoms with Crippen LogP contribution in [-0.4, -0.2) is 12.8 Å². The van der Waals surface area contributed by atoms with Crippen molar-refractivity contribution >= 4 is 11.8 Å². The number of rotatable bonds is 5. The van der Waals surface area contributed by atoms with Crippen molar-refractivity contribution in [2.45, 2.75) is 0 Å². The standard InChI is InChI=1S/C18H17N/c1-2-14-19-15-13-18(16-9-5-3-6-10-16)17-11-7-4-8-12-17/h2-13,15H,1,14H2. The molecule has 2 rings (SSSR count). The van der Waals surface area contributed by atoms with Gasteiger partial charge in [0.25, 0.3) is 0 Å². The fraction of sp³-hybridized carbons (Fsp3) is 0.0556. The number of aliphatic imine (C=N–C) groups is 1. The van der Waals surface area contributed by atoms with E-state index in [1.807, 2.05) is 48.7 Å². The quantitative estimate of drug-likeness (QED) is 0.549. The van der Waals surface area contributed by atoms with Crippen LogP contribution in [0.4, 0.5) is 0 Å². The van der Waals surface area contributed by atoms with E-state index in [1.165, 1.54) is 16.7 Å². The highest BCUT2D eigenvalue weighted by Crippen LogP contribution is 2.22. The third kappa shape index (κ3) is 3.78. The number of nitrogens with zero attached hydrogens (tertiary/aromatic N) is 1. The van der Waals surface area contributed by atoms with E-state index < -0.39 is 0 Å². The third-order valence-corrected chi connectivity index (χ3v) is 2.75. The summed E-state index contributed by atoms with van der Waals surface area (Å²) in [7, 11) is 0. The van der Waals surface area contributed by atoms with Crippen LogP contribution in [0.5, 0.6) is 0 Å². The van der Waals surface area contributed by atoms with E-state index in [-0.39, 0.29) is 0 Å². The Morgan fingerprint density at radius 2 is 1.42 bits per heavy atom. The SMILES string of the molecule is C=CCN=CC=C(c1ccccc1)c1ccccc1. The van der Waals surface area contributed by atoms with Gasteiger partial charge in [0, 0.05) is 6.21 Å². The molecule has 0 saturated carbocycles. The zero-order valence-corrected chi connectivity index (χ0v) is 10.9. The minimum absolute atomic E-state index is 0.646. The predicted octanol–water partition coefficient (Wildman–Crippen LogP) is 4.38. The molecule has 0 aliphatic carbocycles. The van der Waals surface area contributed by atoms with E-state index in [4.69, 9.17) is 0 Å². The van der Waals surface area contributed by atoms with Crippen molar-refractivity contribution in [2.24, 2.45) is 4.99 Å². The van der Waals surface area contributed by atoms with Crippen LogP contribution >= 0.6 is 0 Å². The van der Waals surface area contributed by atoms with Crippen molar-refractivity contribution < 1.29 is 0 Å². The highest BCUT2D eigenvalue weighted by Gasteiger charge is 2.02. The summed E-state index contributed by atoms with van der Waals surface area (Å²) >= 11 is 0. The van der Waals surface area contributed by atoms with Gasteiger partial charge in [0.15, 0.2) is 0 Å². The lowest BCUT2D eigenvalue weighted by Crippen LogP contribution is -1.88. The Morgan fingerprint density at radius 1 is 0.895 bits per heavy atom. The zero-order chi connectivity index (χ0) is 13.3. The molecule has 1 heteroatoms. The first-order chi connectivity index (χ1) is 9.42. The van der Waals surface area contributed by atoms with Crippen molar-refractivity contribution in [2.75, 3.05) is 6.54 Å². The molecule has 0 saturated heterocycles. The molecular formula is C18H17N. The highest BCUT2D eigenvalue weighted by molar-refractivity contribution is 5.91. The van der Waals surface area contributed by atoms with Crippen molar-refractivity contribution in [3.05, 3.63) is 90.5 Å². The molecule has 0 fully saturated rings. The van der Waals surface area contributed by atoms with E-state index in [1.54, 1.807) is 6.08 Å². The molecule has 0 heterocycles. The van der Waals surface area contributed by atoms with Crippen LogP contribution < -0.4 is 0 Å². The largest absolute Gasteiger partial charge is 0.289 e. The lowest BCUT2D eigenvalue weighted by molar-refractivity contribution is 1.27. The third-order valence-electron chi connectivity index (χ3n) is 2.75. The van der Waals surface area contributed by atoms with Crippen molar-refractivity contribution in [1.82, 2.24) is 0 Å². The summed E-state index contributed by atoms with van der Waals surface area (Å²) in [6.07, 6.45) is 5.68. The van der Waals surface area contributed by atoms with Crippen LogP contribution in [0.25, 0.3) is 5.57 Å². The van der Waals surface area contributed by atoms with Crippen LogP contribution in [0.2, 0.25) is 0 Å². The lowest BCUT2D eigenvalue weighted by atomic mass is 9.98. The van der Waals surface area contributed by atoms with Crippen LogP contribution in [0.15, 0.2) is 84.4 Å². The first kappa shape index (κ1) is 13.0. The van der Waals surface area contributed by atoms with Crippen molar-refractivity contribution in [3.63, 3.8) is 0 Å². The molecule has 1 nitrogen and oxygen atoms in total. The molecule has 0 atom stereocenters. The Bertz CT molecular complexity index is 524. The van der Waals surface area contributed by atoms with Crippen molar-refractivity contribution in [3.8, 4) is 0 Å². The summed E-state index contributed by atoms with van der Waals surface area (Å²) in [5.74, 6) is 0. The molecule has 0 amide bonds. The van der Waals surface area contributed by atoms with Crippen LogP contribution in [0.1, 0.15) is 11.1 Å². The summed E-state index contributed by atoms with van der Waals surface area (Å²) in [5.41, 5.74) is 3.56. The fourth-order valence-electron chi connectivity index (χ4n) is 1.86. The minimum Gasteiger partial charge on any atom is -0.289 e. The molecule has 0 aromatic heterocycles. The smallest absolute Gasteiger partial charge is 0.0567 e. The fourth-order valence-corrected chi connectivity index (χ4v) is 1.86. The molecule has 0 bridgehead atoms. The maximum absolute atomic E-state index is 4.26. The Kier molecular flexibility index (Phi) is 4.88. The van der Waals surface area contributed by atoms with Crippen LogP contribution in [0, 0.1) is 0 Å². The van der Waals surface area contributed by atoms with E-state index in [2.05, 4.69) is 35.8 Å². The maximum atomic E-state index is 4.26. The molecule has 0 spiro atoms. The van der Waals surface area contributed by atoms with Gasteiger partial charge in [-0.15, -0.1) is 6.58 Å². The first-order valence-corrected chi connectivity index (χ1v) is 6.33. The maximum Gasteiger partial charge on any atom is 0.0567 e. The Balaban J connectivity index is 2.37. The Labute approximate surface area is 114 Å². The molecular weight excluding hydrogens is 230 g/mol. The van der Waals surface area contributed by atoms with Gasteiger partial charge in [0.2, 0.25) is 0 Å². The molecule has 0 unspecified atom stereocenters. The van der Waals surface area contributed by atoms with Crippen LogP contribution in [-0.2, 0) is 0 Å². The number of hydrogen-bond donors (Lipinski definition) is 0. The normalized spacial score (nSPS) is 10.3. The summed E-state index contributed by atoms with van der Waals surface area (Å²) in [6.45, 7) is 4.31. The van der Waals surface area contributed by atoms with E-state index in [0.717, 1.165) is 0 Å². The van der Waals surface area contributed by atoms with E-state index >= 15 is 0 Å². The topological polar surface area (TPSA) is 12.4 Å². The molecule has 94 valence electrons. The van der Waals surface area contributed by atoms with Gasteiger partial charge in [-0.1, -0.05) is 66.7 Å². The Hall–Kier alpha value is -2.41. The summed E-state index contributed by atoms with van der Waals surface area (Å²) in [5, 5.41) is 0. The minimum atomic E-state index is 0.646. The summed E-state index contributed by atoms with van der Waals surface area (Å²) in [4.78, 5) is 4.26. The molecule has 0 radical (unpaired) electrons. The zero-order valence-electron chi connectivity index (χ0n) is 10.9. The number of hydrogen-bond acceptors (Lipinski definition) is 1. The molecule has 19 heavy (non-hydrogen) atoms.